The molecule has 1 aliphatic heterocycles. The number of benzene rings is 1. The topological polar surface area (TPSA) is 87.0 Å². The number of carbonyl (C=O) groups is 1. The van der Waals surface area contributed by atoms with Gasteiger partial charge in [0.25, 0.3) is 0 Å². The summed E-state index contributed by atoms with van der Waals surface area (Å²) in [6, 6.07) is 9.86. The molecular weight excluding hydrogens is 442 g/mol. The number of piperidine rings is 1. The lowest BCUT2D eigenvalue weighted by atomic mass is 10.0. The van der Waals surface area contributed by atoms with Crippen LogP contribution >= 0.6 is 11.8 Å². The van der Waals surface area contributed by atoms with Crippen molar-refractivity contribution >= 4 is 28.8 Å². The van der Waals surface area contributed by atoms with Crippen molar-refractivity contribution in [1.82, 2.24) is 24.4 Å². The van der Waals surface area contributed by atoms with Gasteiger partial charge in [0, 0.05) is 37.3 Å². The van der Waals surface area contributed by atoms with E-state index in [1.165, 1.54) is 11.8 Å². The third kappa shape index (κ3) is 4.69. The first-order valence-electron chi connectivity index (χ1n) is 10.7. The number of nitrogens with zero attached hydrogens (tertiary/aromatic N) is 5. The average molecular weight is 470 g/mol. The number of hydrogen-bond acceptors (Lipinski definition) is 6. The van der Waals surface area contributed by atoms with Gasteiger partial charge in [-0.3, -0.25) is 4.79 Å². The molecule has 0 aliphatic carbocycles. The maximum atomic E-state index is 12.1. The lowest BCUT2D eigenvalue weighted by Crippen LogP contribution is -2.38. The van der Waals surface area contributed by atoms with E-state index in [0.717, 1.165) is 53.5 Å². The molecule has 32 heavy (non-hydrogen) atoms. The number of imidazole rings is 1. The van der Waals surface area contributed by atoms with E-state index >= 15 is 0 Å². The Bertz CT molecular complexity index is 1080. The van der Waals surface area contributed by atoms with Crippen LogP contribution in [0, 0.1) is 0 Å². The molecule has 4 rings (SSSR count). The predicted octanol–water partition coefficient (Wildman–Crippen LogP) is 4.04. The maximum Gasteiger partial charge on any atom is 0.222 e. The van der Waals surface area contributed by atoms with Gasteiger partial charge in [-0.2, -0.15) is 0 Å². The molecule has 1 amide bonds. The van der Waals surface area contributed by atoms with Gasteiger partial charge < -0.3 is 14.0 Å². The highest BCUT2D eigenvalue weighted by molar-refractivity contribution is 7.98. The summed E-state index contributed by atoms with van der Waals surface area (Å²) in [5, 5.41) is 0.710. The number of rotatable bonds is 6. The van der Waals surface area contributed by atoms with Gasteiger partial charge >= 0.3 is 0 Å². The fraction of sp³-hybridized carbons (Fsp3) is 0.391. The van der Waals surface area contributed by atoms with E-state index in [4.69, 9.17) is 9.97 Å². The molecule has 1 atom stereocenters. The Morgan fingerprint density at radius 1 is 1.19 bits per heavy atom. The van der Waals surface area contributed by atoms with Crippen LogP contribution in [0.2, 0.25) is 0 Å². The van der Waals surface area contributed by atoms with Gasteiger partial charge in [0.05, 0.1) is 23.4 Å². The quantitative estimate of drug-likeness (QED) is 0.308. The van der Waals surface area contributed by atoms with Crippen molar-refractivity contribution in [2.45, 2.75) is 42.3 Å². The first-order chi connectivity index (χ1) is 15.5. The second-order valence-corrected chi connectivity index (χ2v) is 9.87. The van der Waals surface area contributed by atoms with E-state index < -0.39 is 11.2 Å². The van der Waals surface area contributed by atoms with Crippen molar-refractivity contribution in [3.63, 3.8) is 0 Å². The number of aromatic nitrogens is 4. The van der Waals surface area contributed by atoms with Gasteiger partial charge in [-0.25, -0.2) is 15.0 Å². The molecule has 0 saturated carbocycles. The minimum absolute atomic E-state index is 0.212. The Morgan fingerprint density at radius 3 is 2.53 bits per heavy atom. The summed E-state index contributed by atoms with van der Waals surface area (Å²) in [7, 11) is 0. The van der Waals surface area contributed by atoms with Crippen LogP contribution in [-0.4, -0.2) is 60.5 Å². The normalized spacial score (nSPS) is 15.7. The van der Waals surface area contributed by atoms with Crippen LogP contribution in [0.1, 0.15) is 32.2 Å². The second kappa shape index (κ2) is 10.1. The molecule has 3 aromatic rings. The zero-order valence-corrected chi connectivity index (χ0v) is 20.2. The second-order valence-electron chi connectivity index (χ2n) is 7.72. The Labute approximate surface area is 195 Å². The summed E-state index contributed by atoms with van der Waals surface area (Å²) in [5.74, 6) is 0.212. The smallest absolute Gasteiger partial charge is 0.222 e. The Kier molecular flexibility index (Phi) is 7.17. The van der Waals surface area contributed by atoms with Gasteiger partial charge in [0.15, 0.2) is 10.1 Å². The van der Waals surface area contributed by atoms with Crippen LogP contribution in [0.3, 0.4) is 0 Å². The van der Waals surface area contributed by atoms with Crippen molar-refractivity contribution < 1.29 is 9.35 Å². The summed E-state index contributed by atoms with van der Waals surface area (Å²) < 4.78 is 14.0. The van der Waals surface area contributed by atoms with Crippen molar-refractivity contribution in [2.24, 2.45) is 0 Å². The third-order valence-electron chi connectivity index (χ3n) is 5.83. The van der Waals surface area contributed by atoms with Gasteiger partial charge in [-0.1, -0.05) is 18.7 Å². The zero-order valence-electron chi connectivity index (χ0n) is 18.5. The minimum atomic E-state index is -1.03. The van der Waals surface area contributed by atoms with Gasteiger partial charge in [0.1, 0.15) is 6.26 Å². The molecule has 2 aromatic heterocycles. The summed E-state index contributed by atoms with van der Waals surface area (Å²) in [5.41, 5.74) is 3.58. The number of likely N-dealkylation sites (tertiary alicyclic amines) is 1. The summed E-state index contributed by atoms with van der Waals surface area (Å²) in [6.45, 7) is 3.41. The summed E-state index contributed by atoms with van der Waals surface area (Å²) >= 11 is 0.477. The first-order valence-corrected chi connectivity index (χ1v) is 13.5. The first kappa shape index (κ1) is 22.8. The molecule has 1 fully saturated rings. The molecule has 7 nitrogen and oxygen atoms in total. The van der Waals surface area contributed by atoms with Crippen molar-refractivity contribution in [1.29, 1.82) is 0 Å². The van der Waals surface area contributed by atoms with E-state index in [0.29, 0.717) is 11.6 Å². The molecule has 1 aliphatic rings. The van der Waals surface area contributed by atoms with Crippen LogP contribution in [0.5, 0.6) is 0 Å². The predicted molar refractivity (Wildman–Crippen MR) is 128 cm³/mol. The standard InChI is InChI=1S/C23H27N5O2S2/c1-4-20(29)27-13-10-17(11-14-27)28-15-25-21(16-5-7-18(8-6-16)32(3)30)22(28)19-9-12-24-23(26-19)31-2/h5-9,12,15,17H,4,10-11,13-14H2,1-3H3. The maximum absolute atomic E-state index is 12.1. The van der Waals surface area contributed by atoms with Crippen LogP contribution in [0.4, 0.5) is 0 Å². The molecule has 3 heterocycles. The highest BCUT2D eigenvalue weighted by atomic mass is 32.2. The van der Waals surface area contributed by atoms with Crippen LogP contribution in [0.15, 0.2) is 52.9 Å². The van der Waals surface area contributed by atoms with E-state index in [1.54, 1.807) is 12.5 Å². The molecule has 1 unspecified atom stereocenters. The van der Waals surface area contributed by atoms with Gasteiger partial charge in [0.2, 0.25) is 5.91 Å². The van der Waals surface area contributed by atoms with Crippen LogP contribution < -0.4 is 0 Å². The molecule has 0 N–H and O–H groups in total. The highest BCUT2D eigenvalue weighted by Crippen LogP contribution is 2.36. The summed E-state index contributed by atoms with van der Waals surface area (Å²) in [4.78, 5) is 28.7. The molecular formula is C23H27N5O2S2. The molecule has 0 radical (unpaired) electrons. The van der Waals surface area contributed by atoms with E-state index in [9.17, 15) is 9.35 Å². The molecule has 168 valence electrons. The molecule has 1 aromatic carbocycles. The van der Waals surface area contributed by atoms with Gasteiger partial charge in [-0.05, 0) is 60.6 Å². The molecule has 9 heteroatoms. The number of hydrogen-bond donors (Lipinski definition) is 0. The lowest BCUT2D eigenvalue weighted by Gasteiger charge is -2.33. The SMILES string of the molecule is CCC(=O)N1CCC(n2cnc(-c3ccc([S+](C)[O-])cc3)c2-c2ccnc(SC)n2)CC1. The van der Waals surface area contributed by atoms with Gasteiger partial charge in [-0.15, -0.1) is 0 Å². The minimum Gasteiger partial charge on any atom is -0.612 e. The Morgan fingerprint density at radius 2 is 1.91 bits per heavy atom. The average Bonchev–Trinajstić information content (AvgIpc) is 3.29. The molecule has 1 saturated heterocycles. The van der Waals surface area contributed by atoms with Crippen LogP contribution in [0.25, 0.3) is 22.6 Å². The molecule has 0 spiro atoms. The van der Waals surface area contributed by atoms with Crippen molar-refractivity contribution in [3.05, 3.63) is 42.9 Å². The summed E-state index contributed by atoms with van der Waals surface area (Å²) in [6.07, 6.45) is 9.60. The van der Waals surface area contributed by atoms with E-state index in [2.05, 4.69) is 9.55 Å². The highest BCUT2D eigenvalue weighted by Gasteiger charge is 2.27. The van der Waals surface area contributed by atoms with E-state index in [1.807, 2.05) is 54.7 Å². The van der Waals surface area contributed by atoms with Crippen LogP contribution in [-0.2, 0) is 16.0 Å². The zero-order chi connectivity index (χ0) is 22.7. The fourth-order valence-corrected chi connectivity index (χ4v) is 4.97. The number of amides is 1. The fourth-order valence-electron chi connectivity index (χ4n) is 4.10. The largest absolute Gasteiger partial charge is 0.612 e. The Balaban J connectivity index is 1.73. The number of carbonyl (C=O) groups excluding carboxylic acids is 1. The lowest BCUT2D eigenvalue weighted by molar-refractivity contribution is -0.132. The Hall–Kier alpha value is -2.36. The monoisotopic (exact) mass is 469 g/mol. The third-order valence-corrected chi connectivity index (χ3v) is 7.32. The van der Waals surface area contributed by atoms with E-state index in [-0.39, 0.29) is 11.9 Å². The number of thioether (sulfide) groups is 1. The van der Waals surface area contributed by atoms with Crippen molar-refractivity contribution in [3.8, 4) is 22.6 Å². The molecule has 0 bridgehead atoms. The van der Waals surface area contributed by atoms with Crippen molar-refractivity contribution in [2.75, 3.05) is 25.6 Å².